The van der Waals surface area contributed by atoms with Crippen molar-refractivity contribution in [1.82, 2.24) is 5.32 Å². The van der Waals surface area contributed by atoms with Gasteiger partial charge in [-0.3, -0.25) is 9.69 Å². The number of halogens is 1. The number of nitrogens with zero attached hydrogens (tertiary/aromatic N) is 1. The van der Waals surface area contributed by atoms with Crippen LogP contribution in [0.3, 0.4) is 0 Å². The fourth-order valence-corrected chi connectivity index (χ4v) is 2.92. The van der Waals surface area contributed by atoms with Crippen molar-refractivity contribution in [2.24, 2.45) is 0 Å². The van der Waals surface area contributed by atoms with Gasteiger partial charge in [-0.05, 0) is 67.2 Å². The molecule has 1 fully saturated rings. The largest absolute Gasteiger partial charge is 0.494 e. The minimum absolute atomic E-state index is 0.174. The number of nitrogens with one attached hydrogen (secondary N) is 1. The van der Waals surface area contributed by atoms with Gasteiger partial charge in [-0.25, -0.2) is 0 Å². The quantitative estimate of drug-likeness (QED) is 0.616. The first-order valence-corrected chi connectivity index (χ1v) is 8.64. The van der Waals surface area contributed by atoms with E-state index in [1.165, 1.54) is 4.90 Å². The summed E-state index contributed by atoms with van der Waals surface area (Å²) in [6, 6.07) is 15.0. The minimum Gasteiger partial charge on any atom is -0.494 e. The molecule has 4 nitrogen and oxygen atoms in total. The maximum atomic E-state index is 12.7. The SMILES string of the molecule is CCOc1ccc(N2C(=O)/C(=C\c3ccc(Br)cc3)NC2=S)cc1. The Morgan fingerprint density at radius 1 is 1.17 bits per heavy atom. The minimum atomic E-state index is -0.174. The van der Waals surface area contributed by atoms with Crippen LogP contribution in [0.5, 0.6) is 5.75 Å². The highest BCUT2D eigenvalue weighted by Gasteiger charge is 2.31. The highest BCUT2D eigenvalue weighted by atomic mass is 79.9. The highest BCUT2D eigenvalue weighted by Crippen LogP contribution is 2.25. The number of thiocarbonyl (C=S) groups is 1. The standard InChI is InChI=1S/C18H15BrN2O2S/c1-2-23-15-9-7-14(8-10-15)21-17(22)16(20-18(21)24)11-12-3-5-13(19)6-4-12/h3-11H,2H2,1H3,(H,20,24)/b16-11+. The zero-order chi connectivity index (χ0) is 17.1. The van der Waals surface area contributed by atoms with Crippen molar-refractivity contribution in [2.75, 3.05) is 11.5 Å². The van der Waals surface area contributed by atoms with E-state index in [1.807, 2.05) is 55.5 Å². The monoisotopic (exact) mass is 402 g/mol. The van der Waals surface area contributed by atoms with E-state index < -0.39 is 0 Å². The summed E-state index contributed by atoms with van der Waals surface area (Å²) in [5.41, 5.74) is 2.08. The normalized spacial score (nSPS) is 15.8. The molecule has 1 amide bonds. The third-order valence-corrected chi connectivity index (χ3v) is 4.28. The third kappa shape index (κ3) is 3.49. The van der Waals surface area contributed by atoms with Gasteiger partial charge in [0.2, 0.25) is 0 Å². The summed E-state index contributed by atoms with van der Waals surface area (Å²) < 4.78 is 6.41. The fourth-order valence-electron chi connectivity index (χ4n) is 2.35. The van der Waals surface area contributed by atoms with E-state index in [1.54, 1.807) is 6.08 Å². The Balaban J connectivity index is 1.84. The molecule has 0 unspecified atom stereocenters. The van der Waals surface area contributed by atoms with Gasteiger partial charge >= 0.3 is 0 Å². The topological polar surface area (TPSA) is 41.6 Å². The molecule has 0 radical (unpaired) electrons. The number of amides is 1. The summed E-state index contributed by atoms with van der Waals surface area (Å²) in [4.78, 5) is 14.1. The number of carbonyl (C=O) groups is 1. The second-order valence-electron chi connectivity index (χ2n) is 5.11. The van der Waals surface area contributed by atoms with Gasteiger partial charge in [0.1, 0.15) is 11.4 Å². The number of hydrogen-bond donors (Lipinski definition) is 1. The molecule has 1 heterocycles. The molecular formula is C18H15BrN2O2S. The molecule has 0 saturated carbocycles. The summed E-state index contributed by atoms with van der Waals surface area (Å²) >= 11 is 8.71. The third-order valence-electron chi connectivity index (χ3n) is 3.47. The molecule has 1 N–H and O–H groups in total. The lowest BCUT2D eigenvalue weighted by Crippen LogP contribution is -2.30. The van der Waals surface area contributed by atoms with Crippen LogP contribution >= 0.6 is 28.1 Å². The van der Waals surface area contributed by atoms with Crippen molar-refractivity contribution in [1.29, 1.82) is 0 Å². The van der Waals surface area contributed by atoms with Crippen LogP contribution in [-0.4, -0.2) is 17.6 Å². The van der Waals surface area contributed by atoms with E-state index in [-0.39, 0.29) is 5.91 Å². The average molecular weight is 403 g/mol. The molecule has 24 heavy (non-hydrogen) atoms. The summed E-state index contributed by atoms with van der Waals surface area (Å²) in [5.74, 6) is 0.587. The molecule has 0 spiro atoms. The summed E-state index contributed by atoms with van der Waals surface area (Å²) in [6.07, 6.45) is 1.79. The van der Waals surface area contributed by atoms with Gasteiger partial charge in [-0.1, -0.05) is 28.1 Å². The van der Waals surface area contributed by atoms with E-state index in [2.05, 4.69) is 21.2 Å². The molecule has 0 atom stereocenters. The summed E-state index contributed by atoms with van der Waals surface area (Å²) in [6.45, 7) is 2.53. The molecular weight excluding hydrogens is 388 g/mol. The lowest BCUT2D eigenvalue weighted by atomic mass is 10.2. The maximum Gasteiger partial charge on any atom is 0.281 e. The molecule has 6 heteroatoms. The first kappa shape index (κ1) is 16.7. The number of carbonyl (C=O) groups excluding carboxylic acids is 1. The maximum absolute atomic E-state index is 12.7. The number of benzene rings is 2. The van der Waals surface area contributed by atoms with Gasteiger partial charge in [-0.2, -0.15) is 0 Å². The lowest BCUT2D eigenvalue weighted by molar-refractivity contribution is -0.113. The van der Waals surface area contributed by atoms with Crippen molar-refractivity contribution >= 4 is 50.9 Å². The lowest BCUT2D eigenvalue weighted by Gasteiger charge is -2.14. The molecule has 1 aliphatic heterocycles. The molecule has 1 aliphatic rings. The van der Waals surface area contributed by atoms with Crippen LogP contribution in [0.1, 0.15) is 12.5 Å². The highest BCUT2D eigenvalue weighted by molar-refractivity contribution is 9.10. The van der Waals surface area contributed by atoms with Crippen molar-refractivity contribution in [3.8, 4) is 5.75 Å². The van der Waals surface area contributed by atoms with Gasteiger partial charge in [0.15, 0.2) is 5.11 Å². The summed E-state index contributed by atoms with van der Waals surface area (Å²) in [5, 5.41) is 3.35. The first-order chi connectivity index (χ1) is 11.6. The van der Waals surface area contributed by atoms with Crippen LogP contribution < -0.4 is 15.0 Å². The second kappa shape index (κ2) is 7.15. The molecule has 1 saturated heterocycles. The Kier molecular flexibility index (Phi) is 4.97. The van der Waals surface area contributed by atoms with Crippen molar-refractivity contribution < 1.29 is 9.53 Å². The van der Waals surface area contributed by atoms with Crippen LogP contribution in [0.2, 0.25) is 0 Å². The first-order valence-electron chi connectivity index (χ1n) is 7.44. The van der Waals surface area contributed by atoms with E-state index >= 15 is 0 Å². The predicted molar refractivity (Wildman–Crippen MR) is 103 cm³/mol. The molecule has 122 valence electrons. The molecule has 3 rings (SSSR count). The Morgan fingerprint density at radius 2 is 1.83 bits per heavy atom. The predicted octanol–water partition coefficient (Wildman–Crippen LogP) is 4.11. The van der Waals surface area contributed by atoms with Crippen LogP contribution in [0, 0.1) is 0 Å². The van der Waals surface area contributed by atoms with E-state index in [0.717, 1.165) is 15.8 Å². The number of ether oxygens (including phenoxy) is 1. The van der Waals surface area contributed by atoms with Gasteiger partial charge in [-0.15, -0.1) is 0 Å². The van der Waals surface area contributed by atoms with E-state index in [4.69, 9.17) is 17.0 Å². The molecule has 2 aromatic rings. The van der Waals surface area contributed by atoms with E-state index in [0.29, 0.717) is 23.1 Å². The van der Waals surface area contributed by atoms with Crippen LogP contribution in [0.4, 0.5) is 5.69 Å². The Bertz CT molecular complexity index is 801. The van der Waals surface area contributed by atoms with Crippen LogP contribution in [0.25, 0.3) is 6.08 Å². The Hall–Kier alpha value is -2.18. The van der Waals surface area contributed by atoms with Crippen molar-refractivity contribution in [3.05, 3.63) is 64.3 Å². The zero-order valence-corrected chi connectivity index (χ0v) is 15.4. The smallest absolute Gasteiger partial charge is 0.281 e. The average Bonchev–Trinajstić information content (AvgIpc) is 2.85. The zero-order valence-electron chi connectivity index (χ0n) is 13.0. The Morgan fingerprint density at radius 3 is 2.46 bits per heavy atom. The summed E-state index contributed by atoms with van der Waals surface area (Å²) in [7, 11) is 0. The molecule has 0 aliphatic carbocycles. The Labute approximate surface area is 154 Å². The molecule has 0 bridgehead atoms. The van der Waals surface area contributed by atoms with E-state index in [9.17, 15) is 4.79 Å². The van der Waals surface area contributed by atoms with Gasteiger partial charge in [0, 0.05) is 4.47 Å². The van der Waals surface area contributed by atoms with Crippen LogP contribution in [-0.2, 0) is 4.79 Å². The number of hydrogen-bond acceptors (Lipinski definition) is 3. The van der Waals surface area contributed by atoms with Crippen molar-refractivity contribution in [3.63, 3.8) is 0 Å². The number of anilines is 1. The van der Waals surface area contributed by atoms with Crippen LogP contribution in [0.15, 0.2) is 58.7 Å². The van der Waals surface area contributed by atoms with Crippen molar-refractivity contribution in [2.45, 2.75) is 6.92 Å². The number of rotatable bonds is 4. The molecule has 2 aromatic carbocycles. The second-order valence-corrected chi connectivity index (χ2v) is 6.41. The fraction of sp³-hybridized carbons (Fsp3) is 0.111. The van der Waals surface area contributed by atoms with Gasteiger partial charge < -0.3 is 10.1 Å². The molecule has 0 aromatic heterocycles. The van der Waals surface area contributed by atoms with Gasteiger partial charge in [0.05, 0.1) is 12.3 Å². The van der Waals surface area contributed by atoms with Gasteiger partial charge in [0.25, 0.3) is 5.91 Å².